The van der Waals surface area contributed by atoms with E-state index in [1.165, 1.54) is 28.7 Å². The average Bonchev–Trinajstić information content (AvgIpc) is 2.85. The van der Waals surface area contributed by atoms with E-state index in [0.717, 1.165) is 54.7 Å². The zero-order valence-corrected chi connectivity index (χ0v) is 21.0. The van der Waals surface area contributed by atoms with Crippen LogP contribution in [0.25, 0.3) is 11.1 Å². The van der Waals surface area contributed by atoms with E-state index in [1.807, 2.05) is 18.2 Å². The smallest absolute Gasteiger partial charge is 0.124 e. The molecule has 3 aromatic rings. The minimum Gasteiger partial charge on any atom is -0.507 e. The molecule has 0 spiro atoms. The molecule has 0 heterocycles. The lowest BCUT2D eigenvalue weighted by molar-refractivity contribution is 0.277. The highest BCUT2D eigenvalue weighted by Gasteiger charge is 2.22. The van der Waals surface area contributed by atoms with Crippen LogP contribution in [0.4, 0.5) is 5.69 Å². The minimum atomic E-state index is 0.305. The molecule has 1 aliphatic carbocycles. The number of nitrogen functional groups attached to an aromatic ring is 1. The van der Waals surface area contributed by atoms with Crippen LogP contribution in [0.5, 0.6) is 11.5 Å². The number of ether oxygens (including phenoxy) is 1. The van der Waals surface area contributed by atoms with Gasteiger partial charge in [0, 0.05) is 41.4 Å². The van der Waals surface area contributed by atoms with E-state index >= 15 is 0 Å². The first-order valence-electron chi connectivity index (χ1n) is 12.5. The van der Waals surface area contributed by atoms with E-state index in [9.17, 15) is 5.11 Å². The van der Waals surface area contributed by atoms with Gasteiger partial charge in [-0.25, -0.2) is 0 Å². The monoisotopic (exact) mass is 458 g/mol. The van der Waals surface area contributed by atoms with Gasteiger partial charge in [-0.2, -0.15) is 0 Å². The Hall–Kier alpha value is -2.98. The largest absolute Gasteiger partial charge is 0.507 e. The molecule has 0 saturated heterocycles. The lowest BCUT2D eigenvalue weighted by Gasteiger charge is -2.23. The van der Waals surface area contributed by atoms with Crippen LogP contribution < -0.4 is 10.5 Å². The summed E-state index contributed by atoms with van der Waals surface area (Å²) in [6.45, 7) is 5.49. The fourth-order valence-corrected chi connectivity index (χ4v) is 4.94. The van der Waals surface area contributed by atoms with Crippen molar-refractivity contribution < 1.29 is 9.84 Å². The Labute approximate surface area is 204 Å². The lowest BCUT2D eigenvalue weighted by Crippen LogP contribution is -2.28. The van der Waals surface area contributed by atoms with Crippen molar-refractivity contribution in [1.29, 1.82) is 0 Å². The van der Waals surface area contributed by atoms with Gasteiger partial charge in [0.15, 0.2) is 0 Å². The number of benzene rings is 3. The van der Waals surface area contributed by atoms with Crippen LogP contribution in [-0.2, 0) is 25.7 Å². The summed E-state index contributed by atoms with van der Waals surface area (Å²) in [6, 6.07) is 17.2. The van der Waals surface area contributed by atoms with Crippen molar-refractivity contribution in [2.45, 2.75) is 58.4 Å². The van der Waals surface area contributed by atoms with Crippen molar-refractivity contribution in [2.24, 2.45) is 0 Å². The Morgan fingerprint density at radius 1 is 0.971 bits per heavy atom. The maximum Gasteiger partial charge on any atom is 0.124 e. The van der Waals surface area contributed by atoms with Gasteiger partial charge in [0.1, 0.15) is 11.5 Å². The molecule has 4 nitrogen and oxygen atoms in total. The first-order chi connectivity index (χ1) is 16.4. The van der Waals surface area contributed by atoms with Crippen molar-refractivity contribution in [3.8, 4) is 22.6 Å². The van der Waals surface area contributed by atoms with E-state index in [2.05, 4.69) is 56.1 Å². The number of aromatic hydroxyl groups is 1. The Morgan fingerprint density at radius 2 is 1.68 bits per heavy atom. The molecule has 0 radical (unpaired) electrons. The van der Waals surface area contributed by atoms with Crippen LogP contribution in [0.15, 0.2) is 48.5 Å². The zero-order valence-electron chi connectivity index (χ0n) is 21.0. The van der Waals surface area contributed by atoms with Gasteiger partial charge in [-0.3, -0.25) is 0 Å². The van der Waals surface area contributed by atoms with E-state index in [-0.39, 0.29) is 0 Å². The van der Waals surface area contributed by atoms with Gasteiger partial charge in [-0.1, -0.05) is 30.3 Å². The van der Waals surface area contributed by atoms with Crippen LogP contribution in [0, 0.1) is 0 Å². The first kappa shape index (κ1) is 24.2. The van der Waals surface area contributed by atoms with E-state index in [1.54, 1.807) is 7.11 Å². The van der Waals surface area contributed by atoms with Crippen molar-refractivity contribution in [3.63, 3.8) is 0 Å². The first-order valence-corrected chi connectivity index (χ1v) is 12.5. The molecule has 3 aromatic carbocycles. The summed E-state index contributed by atoms with van der Waals surface area (Å²) in [4.78, 5) is 2.36. The summed E-state index contributed by atoms with van der Waals surface area (Å²) >= 11 is 0. The van der Waals surface area contributed by atoms with Crippen molar-refractivity contribution in [2.75, 3.05) is 26.4 Å². The van der Waals surface area contributed by atoms with Crippen LogP contribution in [0.3, 0.4) is 0 Å². The number of phenolic OH excluding ortho intramolecular Hbond substituents is 1. The molecule has 0 fully saturated rings. The maximum atomic E-state index is 10.8. The van der Waals surface area contributed by atoms with Crippen LogP contribution in [0.1, 0.15) is 54.5 Å². The third kappa shape index (κ3) is 5.07. The molecule has 0 bridgehead atoms. The standard InChI is InChI=1S/C30H38N2O2/c1-20(2)32(3)18-17-21-9-11-22(12-10-21)19-26-28(34-4)16-14-25(30(26)31)29-24-8-6-5-7-23(24)13-15-27(29)33/h9-16,20,33H,5-8,17-19,31H2,1-4H3. The number of rotatable bonds is 8. The number of anilines is 1. The summed E-state index contributed by atoms with van der Waals surface area (Å²) < 4.78 is 5.70. The summed E-state index contributed by atoms with van der Waals surface area (Å²) in [5.74, 6) is 1.09. The number of phenols is 1. The normalized spacial score (nSPS) is 13.4. The molecule has 0 aliphatic heterocycles. The predicted molar refractivity (Wildman–Crippen MR) is 142 cm³/mol. The van der Waals surface area contributed by atoms with Crippen LogP contribution in [-0.4, -0.2) is 36.8 Å². The SMILES string of the molecule is COc1ccc(-c2c(O)ccc3c2CCCC3)c(N)c1Cc1ccc(CCN(C)C(C)C)cc1. The number of hydrogen-bond acceptors (Lipinski definition) is 4. The van der Waals surface area contributed by atoms with Crippen molar-refractivity contribution in [3.05, 3.63) is 76.3 Å². The molecule has 4 rings (SSSR count). The second-order valence-corrected chi connectivity index (χ2v) is 9.83. The molecule has 0 saturated carbocycles. The van der Waals surface area contributed by atoms with Gasteiger partial charge in [-0.15, -0.1) is 0 Å². The average molecular weight is 459 g/mol. The van der Waals surface area contributed by atoms with E-state index in [4.69, 9.17) is 10.5 Å². The number of nitrogens with two attached hydrogens (primary N) is 1. The number of likely N-dealkylation sites (N-methyl/N-ethyl adjacent to an activating group) is 1. The number of nitrogens with zero attached hydrogens (tertiary/aromatic N) is 1. The van der Waals surface area contributed by atoms with Gasteiger partial charge >= 0.3 is 0 Å². The summed E-state index contributed by atoms with van der Waals surface area (Å²) in [5, 5.41) is 10.8. The quantitative estimate of drug-likeness (QED) is 0.406. The lowest BCUT2D eigenvalue weighted by atomic mass is 9.84. The molecule has 0 amide bonds. The molecule has 180 valence electrons. The Bertz CT molecular complexity index is 1140. The highest BCUT2D eigenvalue weighted by molar-refractivity contribution is 5.86. The van der Waals surface area contributed by atoms with Gasteiger partial charge in [-0.05, 0) is 93.5 Å². The van der Waals surface area contributed by atoms with Crippen molar-refractivity contribution >= 4 is 5.69 Å². The topological polar surface area (TPSA) is 58.7 Å². The second kappa shape index (κ2) is 10.5. The van der Waals surface area contributed by atoms with Gasteiger partial charge < -0.3 is 20.5 Å². The molecule has 3 N–H and O–H groups in total. The van der Waals surface area contributed by atoms with E-state index < -0.39 is 0 Å². The van der Waals surface area contributed by atoms with Crippen LogP contribution >= 0.6 is 0 Å². The third-order valence-electron chi connectivity index (χ3n) is 7.35. The number of hydrogen-bond donors (Lipinski definition) is 2. The molecule has 0 atom stereocenters. The summed E-state index contributed by atoms with van der Waals surface area (Å²) in [6.07, 6.45) is 6.10. The fourth-order valence-electron chi connectivity index (χ4n) is 4.94. The highest BCUT2D eigenvalue weighted by Crippen LogP contribution is 2.43. The Kier molecular flexibility index (Phi) is 7.47. The number of fused-ring (bicyclic) bond motifs is 1. The highest BCUT2D eigenvalue weighted by atomic mass is 16.5. The van der Waals surface area contributed by atoms with Crippen LogP contribution in [0.2, 0.25) is 0 Å². The fraction of sp³-hybridized carbons (Fsp3) is 0.400. The molecule has 4 heteroatoms. The molecular formula is C30H38N2O2. The minimum absolute atomic E-state index is 0.305. The summed E-state index contributed by atoms with van der Waals surface area (Å²) in [5.41, 5.74) is 15.3. The van der Waals surface area contributed by atoms with Gasteiger partial charge in [0.2, 0.25) is 0 Å². The predicted octanol–water partition coefficient (Wildman–Crippen LogP) is 6.00. The van der Waals surface area contributed by atoms with Crippen molar-refractivity contribution in [1.82, 2.24) is 4.90 Å². The Balaban J connectivity index is 1.63. The molecule has 1 aliphatic rings. The third-order valence-corrected chi connectivity index (χ3v) is 7.35. The number of aryl methyl sites for hydroxylation is 1. The zero-order chi connectivity index (χ0) is 24.2. The van der Waals surface area contributed by atoms with E-state index in [0.29, 0.717) is 23.9 Å². The van der Waals surface area contributed by atoms with Gasteiger partial charge in [0.05, 0.1) is 7.11 Å². The van der Waals surface area contributed by atoms with Gasteiger partial charge in [0.25, 0.3) is 0 Å². The molecular weight excluding hydrogens is 420 g/mol. The molecule has 0 unspecified atom stereocenters. The Morgan fingerprint density at radius 3 is 2.38 bits per heavy atom. The molecule has 34 heavy (non-hydrogen) atoms. The molecule has 0 aromatic heterocycles. The second-order valence-electron chi connectivity index (χ2n) is 9.83. The number of methoxy groups -OCH3 is 1. The maximum absolute atomic E-state index is 10.8. The summed E-state index contributed by atoms with van der Waals surface area (Å²) in [7, 11) is 3.86.